The molecule has 3 heteroatoms. The number of β-amino-alcohol motifs (C(OH)–C–C–N with tert-alkyl or cyclic N) is 1. The van der Waals surface area contributed by atoms with Crippen LogP contribution in [-0.4, -0.2) is 35.7 Å². The predicted octanol–water partition coefficient (Wildman–Crippen LogP) is 1.77. The van der Waals surface area contributed by atoms with Gasteiger partial charge in [-0.15, -0.1) is 0 Å². The standard InChI is InChI=1S/C12H22N2O/c1-12(2,10-13)6-3-4-7-14-8-5-11(15)9-14/h11,15H,3-9H2,1-2H3/t11-/m0/s1. The zero-order valence-corrected chi connectivity index (χ0v) is 9.87. The van der Waals surface area contributed by atoms with Crippen LogP contribution in [-0.2, 0) is 0 Å². The van der Waals surface area contributed by atoms with Crippen molar-refractivity contribution in [2.75, 3.05) is 19.6 Å². The maximum atomic E-state index is 9.34. The SMILES string of the molecule is CC(C)(C#N)CCCCN1CC[C@H](O)C1. The molecule has 1 aliphatic rings. The molecule has 1 aliphatic heterocycles. The Morgan fingerprint density at radius 2 is 2.20 bits per heavy atom. The molecule has 1 rings (SSSR count). The molecule has 0 saturated carbocycles. The van der Waals surface area contributed by atoms with Crippen molar-refractivity contribution in [2.24, 2.45) is 5.41 Å². The van der Waals surface area contributed by atoms with Crippen LogP contribution in [0, 0.1) is 16.7 Å². The first kappa shape index (κ1) is 12.5. The van der Waals surface area contributed by atoms with E-state index in [2.05, 4.69) is 11.0 Å². The summed E-state index contributed by atoms with van der Waals surface area (Å²) in [7, 11) is 0. The molecule has 0 unspecified atom stereocenters. The molecule has 1 heterocycles. The number of hydrogen-bond acceptors (Lipinski definition) is 3. The van der Waals surface area contributed by atoms with Crippen molar-refractivity contribution < 1.29 is 5.11 Å². The molecule has 0 aliphatic carbocycles. The maximum absolute atomic E-state index is 9.34. The molecule has 0 amide bonds. The first-order chi connectivity index (χ1) is 7.03. The minimum absolute atomic E-state index is 0.111. The summed E-state index contributed by atoms with van der Waals surface area (Å²) >= 11 is 0. The minimum Gasteiger partial charge on any atom is -0.392 e. The molecule has 1 fully saturated rings. The number of unbranched alkanes of at least 4 members (excludes halogenated alkanes) is 1. The lowest BCUT2D eigenvalue weighted by Gasteiger charge is -2.17. The molecule has 0 radical (unpaired) electrons. The van der Waals surface area contributed by atoms with E-state index in [-0.39, 0.29) is 11.5 Å². The zero-order chi connectivity index (χ0) is 11.3. The van der Waals surface area contributed by atoms with Gasteiger partial charge in [0.05, 0.1) is 17.6 Å². The van der Waals surface area contributed by atoms with Gasteiger partial charge in [0, 0.05) is 13.1 Å². The van der Waals surface area contributed by atoms with Crippen molar-refractivity contribution in [3.8, 4) is 6.07 Å². The first-order valence-electron chi connectivity index (χ1n) is 5.85. The third-order valence-corrected chi connectivity index (χ3v) is 3.08. The molecule has 0 bridgehead atoms. The monoisotopic (exact) mass is 210 g/mol. The lowest BCUT2D eigenvalue weighted by atomic mass is 9.89. The number of aliphatic hydroxyl groups excluding tert-OH is 1. The van der Waals surface area contributed by atoms with E-state index in [1.54, 1.807) is 0 Å². The minimum atomic E-state index is -0.176. The van der Waals surface area contributed by atoms with Gasteiger partial charge in [0.15, 0.2) is 0 Å². The van der Waals surface area contributed by atoms with E-state index in [1.165, 1.54) is 0 Å². The zero-order valence-electron chi connectivity index (χ0n) is 9.87. The molecule has 0 spiro atoms. The smallest absolute Gasteiger partial charge is 0.0683 e. The fourth-order valence-corrected chi connectivity index (χ4v) is 1.97. The Morgan fingerprint density at radius 3 is 2.73 bits per heavy atom. The van der Waals surface area contributed by atoms with Gasteiger partial charge in [-0.3, -0.25) is 0 Å². The summed E-state index contributed by atoms with van der Waals surface area (Å²) in [4.78, 5) is 2.31. The lowest BCUT2D eigenvalue weighted by Crippen LogP contribution is -2.23. The van der Waals surface area contributed by atoms with Gasteiger partial charge in [-0.1, -0.05) is 6.42 Å². The molecule has 0 aromatic rings. The van der Waals surface area contributed by atoms with Crippen molar-refractivity contribution in [3.05, 3.63) is 0 Å². The van der Waals surface area contributed by atoms with Crippen molar-refractivity contribution in [1.82, 2.24) is 4.90 Å². The van der Waals surface area contributed by atoms with Gasteiger partial charge in [0.1, 0.15) is 0 Å². The number of hydrogen-bond donors (Lipinski definition) is 1. The third kappa shape index (κ3) is 4.63. The first-order valence-corrected chi connectivity index (χ1v) is 5.85. The lowest BCUT2D eigenvalue weighted by molar-refractivity contribution is 0.175. The van der Waals surface area contributed by atoms with Gasteiger partial charge in [0.2, 0.25) is 0 Å². The number of likely N-dealkylation sites (tertiary alicyclic amines) is 1. The normalized spacial score (nSPS) is 22.9. The molecular formula is C12H22N2O. The van der Waals surface area contributed by atoms with Crippen LogP contribution < -0.4 is 0 Å². The molecule has 1 atom stereocenters. The van der Waals surface area contributed by atoms with Crippen LogP contribution >= 0.6 is 0 Å². The highest BCUT2D eigenvalue weighted by Gasteiger charge is 2.20. The van der Waals surface area contributed by atoms with Crippen LogP contribution in [0.2, 0.25) is 0 Å². The van der Waals surface area contributed by atoms with Crippen molar-refractivity contribution in [2.45, 2.75) is 45.6 Å². The van der Waals surface area contributed by atoms with Gasteiger partial charge in [-0.25, -0.2) is 0 Å². The molecule has 3 nitrogen and oxygen atoms in total. The van der Waals surface area contributed by atoms with Crippen molar-refractivity contribution in [3.63, 3.8) is 0 Å². The Hall–Kier alpha value is -0.590. The largest absolute Gasteiger partial charge is 0.392 e. The van der Waals surface area contributed by atoms with E-state index in [4.69, 9.17) is 5.26 Å². The van der Waals surface area contributed by atoms with E-state index in [0.29, 0.717) is 0 Å². The molecule has 86 valence electrons. The van der Waals surface area contributed by atoms with Crippen molar-refractivity contribution >= 4 is 0 Å². The summed E-state index contributed by atoms with van der Waals surface area (Å²) in [6, 6.07) is 2.32. The molecule has 1 saturated heterocycles. The second-order valence-corrected chi connectivity index (χ2v) is 5.20. The van der Waals surface area contributed by atoms with Gasteiger partial charge in [-0.2, -0.15) is 5.26 Å². The van der Waals surface area contributed by atoms with Crippen LogP contribution in [0.5, 0.6) is 0 Å². The Kier molecular flexibility index (Phi) is 4.56. The summed E-state index contributed by atoms with van der Waals surface area (Å²) in [6.07, 6.45) is 4.02. The van der Waals surface area contributed by atoms with Crippen LogP contribution in [0.15, 0.2) is 0 Å². The van der Waals surface area contributed by atoms with E-state index >= 15 is 0 Å². The van der Waals surface area contributed by atoms with E-state index < -0.39 is 0 Å². The van der Waals surface area contributed by atoms with Crippen LogP contribution in [0.25, 0.3) is 0 Å². The molecule has 1 N–H and O–H groups in total. The average Bonchev–Trinajstić information content (AvgIpc) is 2.59. The summed E-state index contributed by atoms with van der Waals surface area (Å²) < 4.78 is 0. The maximum Gasteiger partial charge on any atom is 0.0683 e. The molecular weight excluding hydrogens is 188 g/mol. The van der Waals surface area contributed by atoms with Gasteiger partial charge in [0.25, 0.3) is 0 Å². The second-order valence-electron chi connectivity index (χ2n) is 5.20. The van der Waals surface area contributed by atoms with E-state index in [9.17, 15) is 5.11 Å². The Bertz CT molecular complexity index is 232. The topological polar surface area (TPSA) is 47.3 Å². The molecule has 15 heavy (non-hydrogen) atoms. The highest BCUT2D eigenvalue weighted by molar-refractivity contribution is 4.91. The molecule has 0 aromatic heterocycles. The summed E-state index contributed by atoms with van der Waals surface area (Å²) in [5.41, 5.74) is -0.176. The number of aliphatic hydroxyl groups is 1. The number of nitrogens with zero attached hydrogens (tertiary/aromatic N) is 2. The van der Waals surface area contributed by atoms with Crippen LogP contribution in [0.4, 0.5) is 0 Å². The quantitative estimate of drug-likeness (QED) is 0.703. The highest BCUT2D eigenvalue weighted by Crippen LogP contribution is 2.22. The summed E-state index contributed by atoms with van der Waals surface area (Å²) in [5, 5.41) is 18.2. The fraction of sp³-hybridized carbons (Fsp3) is 0.917. The van der Waals surface area contributed by atoms with Crippen LogP contribution in [0.3, 0.4) is 0 Å². The fourth-order valence-electron chi connectivity index (χ4n) is 1.97. The van der Waals surface area contributed by atoms with Crippen molar-refractivity contribution in [1.29, 1.82) is 5.26 Å². The Balaban J connectivity index is 2.05. The summed E-state index contributed by atoms with van der Waals surface area (Å²) in [6.45, 7) is 6.92. The predicted molar refractivity (Wildman–Crippen MR) is 60.3 cm³/mol. The van der Waals surface area contributed by atoms with Crippen LogP contribution in [0.1, 0.15) is 39.5 Å². The van der Waals surface area contributed by atoms with E-state index in [1.807, 2.05) is 13.8 Å². The average molecular weight is 210 g/mol. The molecule has 0 aromatic carbocycles. The number of nitriles is 1. The second kappa shape index (κ2) is 5.48. The number of rotatable bonds is 5. The third-order valence-electron chi connectivity index (χ3n) is 3.08. The summed E-state index contributed by atoms with van der Waals surface area (Å²) in [5.74, 6) is 0. The van der Waals surface area contributed by atoms with Gasteiger partial charge >= 0.3 is 0 Å². The Morgan fingerprint density at radius 1 is 1.47 bits per heavy atom. The van der Waals surface area contributed by atoms with Gasteiger partial charge in [-0.05, 0) is 39.7 Å². The van der Waals surface area contributed by atoms with Gasteiger partial charge < -0.3 is 10.0 Å². The highest BCUT2D eigenvalue weighted by atomic mass is 16.3. The Labute approximate surface area is 92.7 Å². The van der Waals surface area contributed by atoms with E-state index in [0.717, 1.165) is 45.3 Å².